The largest absolute Gasteiger partial charge is 0.472 e. The highest BCUT2D eigenvalue weighted by atomic mass is 32.1. The normalized spacial score (nSPS) is 23.2. The summed E-state index contributed by atoms with van der Waals surface area (Å²) in [5.74, 6) is 1.05. The van der Waals surface area contributed by atoms with Crippen LogP contribution in [0, 0.1) is 12.8 Å². The molecule has 0 N–H and O–H groups in total. The highest BCUT2D eigenvalue weighted by Crippen LogP contribution is 2.40. The first kappa shape index (κ1) is 17.3. The lowest BCUT2D eigenvalue weighted by Gasteiger charge is -2.33. The molecule has 5 rings (SSSR count). The average Bonchev–Trinajstić information content (AvgIpc) is 3.46. The second-order valence-electron chi connectivity index (χ2n) is 7.43. The summed E-state index contributed by atoms with van der Waals surface area (Å²) in [6.45, 7) is 2.76. The number of nitrogens with zero attached hydrogens (tertiary/aromatic N) is 4. The number of rotatable bonds is 4. The number of fused-ring (bicyclic) bond motifs is 2. The molecule has 1 amide bonds. The molecule has 2 fully saturated rings. The second-order valence-corrected chi connectivity index (χ2v) is 8.32. The molecular formula is C21H20N4O2S. The lowest BCUT2D eigenvalue weighted by molar-refractivity contribution is 0.0462. The number of hydrogen-bond acceptors (Lipinski definition) is 6. The smallest absolute Gasteiger partial charge is 0.273 e. The van der Waals surface area contributed by atoms with E-state index in [1.165, 1.54) is 11.3 Å². The van der Waals surface area contributed by atoms with Crippen molar-refractivity contribution in [1.82, 2.24) is 19.9 Å². The zero-order chi connectivity index (χ0) is 19.1. The van der Waals surface area contributed by atoms with Crippen LogP contribution in [0.25, 0.3) is 10.6 Å². The van der Waals surface area contributed by atoms with Crippen LogP contribution in [0.5, 0.6) is 5.88 Å². The zero-order valence-electron chi connectivity index (χ0n) is 15.5. The predicted octanol–water partition coefficient (Wildman–Crippen LogP) is 3.59. The standard InChI is InChI=1S/C21H20N4O2S/c1-13-4-5-18(24-11-13)27-17-10-14-9-16(17)25(12-14)21(26)19-15(3-2-6-22-19)20-23-7-8-28-20/h2-8,11,14,16-17H,9-10,12H2,1H3. The van der Waals surface area contributed by atoms with E-state index in [0.717, 1.165) is 35.5 Å². The van der Waals surface area contributed by atoms with Gasteiger partial charge in [0.2, 0.25) is 5.88 Å². The Balaban J connectivity index is 1.39. The summed E-state index contributed by atoms with van der Waals surface area (Å²) in [4.78, 5) is 28.4. The van der Waals surface area contributed by atoms with Gasteiger partial charge in [0.15, 0.2) is 0 Å². The third-order valence-corrected chi connectivity index (χ3v) is 6.32. The number of aromatic nitrogens is 3. The van der Waals surface area contributed by atoms with Gasteiger partial charge in [-0.15, -0.1) is 11.3 Å². The minimum atomic E-state index is -0.0385. The fraction of sp³-hybridized carbons (Fsp3) is 0.333. The van der Waals surface area contributed by atoms with Crippen molar-refractivity contribution in [2.45, 2.75) is 31.9 Å². The first-order chi connectivity index (χ1) is 13.7. The Morgan fingerprint density at radius 2 is 2.11 bits per heavy atom. The molecule has 1 saturated carbocycles. The first-order valence-corrected chi connectivity index (χ1v) is 10.3. The maximum absolute atomic E-state index is 13.4. The molecule has 3 aromatic rings. The van der Waals surface area contributed by atoms with Gasteiger partial charge in [0.25, 0.3) is 5.91 Å². The van der Waals surface area contributed by atoms with E-state index in [9.17, 15) is 4.79 Å². The summed E-state index contributed by atoms with van der Waals surface area (Å²) >= 11 is 1.51. The number of likely N-dealkylation sites (tertiary alicyclic amines) is 1. The number of amides is 1. The van der Waals surface area contributed by atoms with E-state index in [1.807, 2.05) is 41.5 Å². The van der Waals surface area contributed by atoms with Crippen LogP contribution in [0.4, 0.5) is 0 Å². The molecule has 142 valence electrons. The maximum atomic E-state index is 13.4. The number of hydrogen-bond donors (Lipinski definition) is 0. The molecule has 7 heteroatoms. The van der Waals surface area contributed by atoms with E-state index >= 15 is 0 Å². The summed E-state index contributed by atoms with van der Waals surface area (Å²) in [7, 11) is 0. The third-order valence-electron chi connectivity index (χ3n) is 5.52. The van der Waals surface area contributed by atoms with Gasteiger partial charge in [0.1, 0.15) is 16.8 Å². The van der Waals surface area contributed by atoms with Crippen molar-refractivity contribution in [3.8, 4) is 16.5 Å². The molecule has 6 nitrogen and oxygen atoms in total. The molecule has 28 heavy (non-hydrogen) atoms. The molecule has 2 aliphatic rings. The number of aryl methyl sites for hydroxylation is 1. The fourth-order valence-electron chi connectivity index (χ4n) is 4.25. The minimum absolute atomic E-state index is 0.0232. The van der Waals surface area contributed by atoms with Crippen molar-refractivity contribution in [3.63, 3.8) is 0 Å². The SMILES string of the molecule is Cc1ccc(OC2CC3CC2N(C(=O)c2ncccc2-c2nccs2)C3)nc1. The van der Waals surface area contributed by atoms with Crippen LogP contribution in [-0.4, -0.2) is 44.4 Å². The van der Waals surface area contributed by atoms with Crippen LogP contribution in [0.3, 0.4) is 0 Å². The number of ether oxygens (including phenoxy) is 1. The molecule has 2 bridgehead atoms. The lowest BCUT2D eigenvalue weighted by Crippen LogP contribution is -2.47. The van der Waals surface area contributed by atoms with Crippen LogP contribution in [-0.2, 0) is 0 Å². The fourth-order valence-corrected chi connectivity index (χ4v) is 4.91. The van der Waals surface area contributed by atoms with Gasteiger partial charge in [-0.2, -0.15) is 0 Å². The van der Waals surface area contributed by atoms with Gasteiger partial charge < -0.3 is 9.64 Å². The molecular weight excluding hydrogens is 372 g/mol. The van der Waals surface area contributed by atoms with Crippen LogP contribution in [0.1, 0.15) is 28.9 Å². The molecule has 0 radical (unpaired) electrons. The predicted molar refractivity (Wildman–Crippen MR) is 106 cm³/mol. The summed E-state index contributed by atoms with van der Waals surface area (Å²) < 4.78 is 6.15. The summed E-state index contributed by atoms with van der Waals surface area (Å²) in [5, 5.41) is 2.73. The summed E-state index contributed by atoms with van der Waals surface area (Å²) in [5.41, 5.74) is 2.36. The quantitative estimate of drug-likeness (QED) is 0.679. The molecule has 4 heterocycles. The number of carbonyl (C=O) groups is 1. The van der Waals surface area contributed by atoms with E-state index in [2.05, 4.69) is 15.0 Å². The Kier molecular flexibility index (Phi) is 4.31. The molecule has 1 aliphatic heterocycles. The van der Waals surface area contributed by atoms with E-state index in [-0.39, 0.29) is 18.1 Å². The van der Waals surface area contributed by atoms with E-state index in [0.29, 0.717) is 17.5 Å². The Bertz CT molecular complexity index is 990. The van der Waals surface area contributed by atoms with Gasteiger partial charge in [-0.3, -0.25) is 9.78 Å². The Labute approximate surface area is 167 Å². The molecule has 0 spiro atoms. The first-order valence-electron chi connectivity index (χ1n) is 9.44. The summed E-state index contributed by atoms with van der Waals surface area (Å²) in [6, 6.07) is 7.71. The van der Waals surface area contributed by atoms with Gasteiger partial charge in [0, 0.05) is 42.1 Å². The van der Waals surface area contributed by atoms with Crippen LogP contribution < -0.4 is 4.74 Å². The van der Waals surface area contributed by atoms with E-state index in [1.54, 1.807) is 18.6 Å². The van der Waals surface area contributed by atoms with Crippen molar-refractivity contribution < 1.29 is 9.53 Å². The van der Waals surface area contributed by atoms with Crippen LogP contribution >= 0.6 is 11.3 Å². The van der Waals surface area contributed by atoms with Crippen molar-refractivity contribution >= 4 is 17.2 Å². The number of piperidine rings is 1. The third kappa shape index (κ3) is 3.05. The van der Waals surface area contributed by atoms with Gasteiger partial charge in [-0.25, -0.2) is 9.97 Å². The monoisotopic (exact) mass is 392 g/mol. The molecule has 3 unspecified atom stereocenters. The van der Waals surface area contributed by atoms with Crippen molar-refractivity contribution in [2.75, 3.05) is 6.54 Å². The van der Waals surface area contributed by atoms with E-state index in [4.69, 9.17) is 4.74 Å². The van der Waals surface area contributed by atoms with Crippen molar-refractivity contribution in [1.29, 1.82) is 0 Å². The minimum Gasteiger partial charge on any atom is -0.472 e. The number of carbonyl (C=O) groups excluding carboxylic acids is 1. The van der Waals surface area contributed by atoms with Gasteiger partial charge in [-0.05, 0) is 43.4 Å². The van der Waals surface area contributed by atoms with Crippen molar-refractivity contribution in [2.24, 2.45) is 5.92 Å². The van der Waals surface area contributed by atoms with Crippen LogP contribution in [0.2, 0.25) is 0 Å². The number of pyridine rings is 2. The number of thiazole rings is 1. The zero-order valence-corrected chi connectivity index (χ0v) is 16.3. The van der Waals surface area contributed by atoms with Crippen LogP contribution in [0.15, 0.2) is 48.2 Å². The van der Waals surface area contributed by atoms with Gasteiger partial charge in [-0.1, -0.05) is 6.07 Å². The topological polar surface area (TPSA) is 68.2 Å². The molecule has 1 saturated heterocycles. The molecule has 3 aromatic heterocycles. The average molecular weight is 392 g/mol. The van der Waals surface area contributed by atoms with Gasteiger partial charge >= 0.3 is 0 Å². The highest BCUT2D eigenvalue weighted by molar-refractivity contribution is 7.13. The second kappa shape index (κ2) is 6.98. The van der Waals surface area contributed by atoms with E-state index < -0.39 is 0 Å². The summed E-state index contributed by atoms with van der Waals surface area (Å²) in [6.07, 6.45) is 7.14. The Morgan fingerprint density at radius 3 is 2.86 bits per heavy atom. The molecule has 3 atom stereocenters. The van der Waals surface area contributed by atoms with Gasteiger partial charge in [0.05, 0.1) is 6.04 Å². The lowest BCUT2D eigenvalue weighted by atomic mass is 10.1. The Morgan fingerprint density at radius 1 is 1.18 bits per heavy atom. The van der Waals surface area contributed by atoms with Crippen molar-refractivity contribution in [3.05, 3.63) is 59.5 Å². The molecule has 0 aromatic carbocycles. The molecule has 1 aliphatic carbocycles. The maximum Gasteiger partial charge on any atom is 0.273 e. The highest BCUT2D eigenvalue weighted by Gasteiger charge is 2.49. The Hall–Kier alpha value is -2.80.